The zero-order valence-electron chi connectivity index (χ0n) is 12.6. The number of halogens is 2. The molecule has 0 aliphatic carbocycles. The topological polar surface area (TPSA) is 53.6 Å². The summed E-state index contributed by atoms with van der Waals surface area (Å²) >= 11 is 12.0. The predicted molar refractivity (Wildman–Crippen MR) is 88.9 cm³/mol. The van der Waals surface area contributed by atoms with E-state index in [1.165, 1.54) is 0 Å². The summed E-state index contributed by atoms with van der Waals surface area (Å²) in [5.74, 6) is 0.255. The maximum absolute atomic E-state index is 12.0. The van der Waals surface area contributed by atoms with Crippen molar-refractivity contribution in [3.63, 3.8) is 0 Å². The first-order chi connectivity index (χ1) is 10.6. The Morgan fingerprint density at radius 2 is 2.14 bits per heavy atom. The van der Waals surface area contributed by atoms with Crippen LogP contribution in [0, 0.1) is 0 Å². The molecule has 122 valence electrons. The van der Waals surface area contributed by atoms with Crippen LogP contribution in [0.3, 0.4) is 0 Å². The van der Waals surface area contributed by atoms with Crippen molar-refractivity contribution in [2.24, 2.45) is 0 Å². The molecule has 0 radical (unpaired) electrons. The molecule has 1 aromatic carbocycles. The van der Waals surface area contributed by atoms with Crippen molar-refractivity contribution < 1.29 is 9.53 Å². The van der Waals surface area contributed by atoms with E-state index in [-0.39, 0.29) is 5.91 Å². The van der Waals surface area contributed by atoms with Crippen LogP contribution in [0.1, 0.15) is 6.92 Å². The van der Waals surface area contributed by atoms with Gasteiger partial charge in [-0.05, 0) is 19.1 Å². The fourth-order valence-corrected chi connectivity index (χ4v) is 2.57. The summed E-state index contributed by atoms with van der Waals surface area (Å²) in [6.07, 6.45) is -0.626. The molecule has 1 fully saturated rings. The van der Waals surface area contributed by atoms with Gasteiger partial charge in [-0.2, -0.15) is 0 Å². The van der Waals surface area contributed by atoms with Gasteiger partial charge in [-0.1, -0.05) is 29.3 Å². The summed E-state index contributed by atoms with van der Waals surface area (Å²) in [6.45, 7) is 7.17. The van der Waals surface area contributed by atoms with Crippen molar-refractivity contribution in [3.8, 4) is 5.75 Å². The molecule has 1 aliphatic heterocycles. The third-order valence-electron chi connectivity index (χ3n) is 3.53. The van der Waals surface area contributed by atoms with E-state index < -0.39 is 6.10 Å². The number of carbonyl (C=O) groups is 1. The van der Waals surface area contributed by atoms with Crippen LogP contribution >= 0.6 is 23.2 Å². The van der Waals surface area contributed by atoms with Crippen molar-refractivity contribution in [1.29, 1.82) is 0 Å². The van der Waals surface area contributed by atoms with Gasteiger partial charge in [0.15, 0.2) is 6.10 Å². The molecule has 2 N–H and O–H groups in total. The minimum absolute atomic E-state index is 0.161. The zero-order valence-corrected chi connectivity index (χ0v) is 14.1. The molecule has 7 heteroatoms. The molecule has 1 atom stereocenters. The first-order valence-corrected chi connectivity index (χ1v) is 8.15. The number of nitrogens with one attached hydrogen (secondary N) is 2. The van der Waals surface area contributed by atoms with Crippen molar-refractivity contribution in [1.82, 2.24) is 15.5 Å². The van der Waals surface area contributed by atoms with E-state index in [1.807, 2.05) is 0 Å². The van der Waals surface area contributed by atoms with Gasteiger partial charge in [-0.25, -0.2) is 0 Å². The second-order valence-corrected chi connectivity index (χ2v) is 5.98. The van der Waals surface area contributed by atoms with Crippen LogP contribution < -0.4 is 15.4 Å². The summed E-state index contributed by atoms with van der Waals surface area (Å²) in [5.41, 5.74) is 0. The number of rotatable bonds is 6. The smallest absolute Gasteiger partial charge is 0.260 e. The third-order valence-corrected chi connectivity index (χ3v) is 4.33. The highest BCUT2D eigenvalue weighted by Crippen LogP contribution is 2.31. The highest BCUT2D eigenvalue weighted by Gasteiger charge is 2.17. The van der Waals surface area contributed by atoms with Gasteiger partial charge >= 0.3 is 0 Å². The van der Waals surface area contributed by atoms with Gasteiger partial charge in [0.25, 0.3) is 5.91 Å². The molecule has 22 heavy (non-hydrogen) atoms. The van der Waals surface area contributed by atoms with Crippen LogP contribution in [-0.2, 0) is 4.79 Å². The largest absolute Gasteiger partial charge is 0.479 e. The van der Waals surface area contributed by atoms with Crippen molar-refractivity contribution in [3.05, 3.63) is 28.2 Å². The first-order valence-electron chi connectivity index (χ1n) is 7.39. The maximum Gasteiger partial charge on any atom is 0.260 e. The average molecular weight is 346 g/mol. The maximum atomic E-state index is 12.0. The van der Waals surface area contributed by atoms with E-state index in [2.05, 4.69) is 15.5 Å². The van der Waals surface area contributed by atoms with Crippen LogP contribution in [0.2, 0.25) is 10.0 Å². The number of benzene rings is 1. The summed E-state index contributed by atoms with van der Waals surface area (Å²) in [7, 11) is 0. The molecule has 0 spiro atoms. The van der Waals surface area contributed by atoms with Gasteiger partial charge in [0.05, 0.1) is 5.02 Å². The second kappa shape index (κ2) is 8.58. The Kier molecular flexibility index (Phi) is 6.76. The molecule has 1 aromatic rings. The quantitative estimate of drug-likeness (QED) is 0.825. The Labute approximate surface area is 140 Å². The minimum Gasteiger partial charge on any atom is -0.479 e. The van der Waals surface area contributed by atoms with Crippen molar-refractivity contribution in [2.45, 2.75) is 13.0 Å². The van der Waals surface area contributed by atoms with Gasteiger partial charge in [-0.15, -0.1) is 0 Å². The molecule has 2 rings (SSSR count). The van der Waals surface area contributed by atoms with Crippen molar-refractivity contribution in [2.75, 3.05) is 39.3 Å². The second-order valence-electron chi connectivity index (χ2n) is 5.19. The molecule has 0 aromatic heterocycles. The lowest BCUT2D eigenvalue weighted by Crippen LogP contribution is -2.47. The molecule has 1 unspecified atom stereocenters. The Bertz CT molecular complexity index is 508. The lowest BCUT2D eigenvalue weighted by molar-refractivity contribution is -0.127. The number of nitrogens with zero attached hydrogens (tertiary/aromatic N) is 1. The lowest BCUT2D eigenvalue weighted by Gasteiger charge is -2.27. The van der Waals surface area contributed by atoms with Crippen LogP contribution in [0.5, 0.6) is 5.75 Å². The van der Waals surface area contributed by atoms with E-state index in [9.17, 15) is 4.79 Å². The van der Waals surface area contributed by atoms with Crippen LogP contribution in [0.15, 0.2) is 18.2 Å². The Morgan fingerprint density at radius 3 is 2.86 bits per heavy atom. The molecule has 1 heterocycles. The van der Waals surface area contributed by atoms with Crippen molar-refractivity contribution >= 4 is 29.1 Å². The monoisotopic (exact) mass is 345 g/mol. The fourth-order valence-electron chi connectivity index (χ4n) is 2.23. The van der Waals surface area contributed by atoms with Gasteiger partial charge in [0, 0.05) is 39.3 Å². The van der Waals surface area contributed by atoms with Crippen LogP contribution in [-0.4, -0.2) is 56.2 Å². The molecule has 0 saturated carbocycles. The number of carbonyl (C=O) groups excluding carboxylic acids is 1. The zero-order chi connectivity index (χ0) is 15.9. The number of piperazine rings is 1. The Morgan fingerprint density at radius 1 is 1.41 bits per heavy atom. The average Bonchev–Trinajstić information content (AvgIpc) is 2.52. The molecule has 1 aliphatic rings. The molecule has 1 saturated heterocycles. The predicted octanol–water partition coefficient (Wildman–Crippen LogP) is 1.78. The Balaban J connectivity index is 1.75. The third kappa shape index (κ3) is 5.02. The number of hydrogen-bond acceptors (Lipinski definition) is 4. The van der Waals surface area contributed by atoms with E-state index in [4.69, 9.17) is 27.9 Å². The summed E-state index contributed by atoms with van der Waals surface area (Å²) < 4.78 is 5.58. The van der Waals surface area contributed by atoms with Crippen LogP contribution in [0.25, 0.3) is 0 Å². The highest BCUT2D eigenvalue weighted by atomic mass is 35.5. The molecular weight excluding hydrogens is 325 g/mol. The normalized spacial score (nSPS) is 17.0. The van der Waals surface area contributed by atoms with E-state index in [0.29, 0.717) is 22.3 Å². The fraction of sp³-hybridized carbons (Fsp3) is 0.533. The lowest BCUT2D eigenvalue weighted by atomic mass is 10.3. The molecule has 1 amide bonds. The van der Waals surface area contributed by atoms with E-state index in [0.717, 1.165) is 32.7 Å². The number of ether oxygens (including phenoxy) is 1. The first kappa shape index (κ1) is 17.3. The van der Waals surface area contributed by atoms with Crippen LogP contribution in [0.4, 0.5) is 0 Å². The van der Waals surface area contributed by atoms with Gasteiger partial charge in [0.2, 0.25) is 0 Å². The summed E-state index contributed by atoms with van der Waals surface area (Å²) in [4.78, 5) is 14.4. The minimum atomic E-state index is -0.626. The van der Waals surface area contributed by atoms with Gasteiger partial charge in [0.1, 0.15) is 10.8 Å². The molecular formula is C15H21Cl2N3O2. The highest BCUT2D eigenvalue weighted by molar-refractivity contribution is 6.42. The van der Waals surface area contributed by atoms with E-state index in [1.54, 1.807) is 25.1 Å². The SMILES string of the molecule is CC(Oc1cccc(Cl)c1Cl)C(=O)NCCN1CCNCC1. The standard InChI is InChI=1S/C15H21Cl2N3O2/c1-11(22-13-4-2-3-12(16)14(13)17)15(21)19-7-10-20-8-5-18-6-9-20/h2-4,11,18H,5-10H2,1H3,(H,19,21). The van der Waals surface area contributed by atoms with Gasteiger partial charge < -0.3 is 15.4 Å². The molecule has 0 bridgehead atoms. The summed E-state index contributed by atoms with van der Waals surface area (Å²) in [6, 6.07) is 5.10. The summed E-state index contributed by atoms with van der Waals surface area (Å²) in [5, 5.41) is 6.91. The number of amides is 1. The number of hydrogen-bond donors (Lipinski definition) is 2. The van der Waals surface area contributed by atoms with Gasteiger partial charge in [-0.3, -0.25) is 9.69 Å². The molecule has 5 nitrogen and oxygen atoms in total. The van der Waals surface area contributed by atoms with E-state index >= 15 is 0 Å². The Hall–Kier alpha value is -1.01.